The van der Waals surface area contributed by atoms with Crippen LogP contribution in [-0.4, -0.2) is 116 Å². The number of amides is 1. The van der Waals surface area contributed by atoms with Crippen molar-refractivity contribution in [1.82, 2.24) is 25.3 Å². The molecule has 2 N–H and O–H groups in total. The van der Waals surface area contributed by atoms with Crippen LogP contribution in [0.3, 0.4) is 0 Å². The molecule has 8 nitrogen and oxygen atoms in total. The summed E-state index contributed by atoms with van der Waals surface area (Å²) < 4.78 is 22.9. The lowest BCUT2D eigenvalue weighted by atomic mass is 9.65. The smallest absolute Gasteiger partial charge is 0.256 e. The standard InChI is InChI=1S/C32H52FN5O3/c1-36(2)13-6-5-11-35-32(40)24-20-38-26-17-21-9-3-4-10-22(21)18-27(26)41-31-28(34-12-16-37-14-7-8-15-37)25(33)19-23(29(31)38)30(24)39/h20-23,25-29,31,34H,3-19H2,1-2H3,(H,35,40). The number of nitrogens with one attached hydrogen (secondary N) is 2. The van der Waals surface area contributed by atoms with E-state index in [0.29, 0.717) is 18.4 Å². The van der Waals surface area contributed by atoms with E-state index in [9.17, 15) is 9.59 Å². The maximum atomic E-state index is 16.0. The summed E-state index contributed by atoms with van der Waals surface area (Å²) >= 11 is 0. The summed E-state index contributed by atoms with van der Waals surface area (Å²) in [5.74, 6) is 0.301. The van der Waals surface area contributed by atoms with Gasteiger partial charge >= 0.3 is 0 Å². The van der Waals surface area contributed by atoms with Crippen LogP contribution in [0.4, 0.5) is 4.39 Å². The highest BCUT2D eigenvalue weighted by atomic mass is 19.1. The predicted octanol–water partition coefficient (Wildman–Crippen LogP) is 2.73. The molecule has 5 fully saturated rings. The Kier molecular flexibility index (Phi) is 9.35. The molecule has 0 spiro atoms. The number of hydrogen-bond acceptors (Lipinski definition) is 7. The number of fused-ring (bicyclic) bond motifs is 3. The van der Waals surface area contributed by atoms with Crippen LogP contribution in [0.5, 0.6) is 0 Å². The topological polar surface area (TPSA) is 77.2 Å². The maximum Gasteiger partial charge on any atom is 0.256 e. The van der Waals surface area contributed by atoms with Gasteiger partial charge in [-0.2, -0.15) is 0 Å². The number of carbonyl (C=O) groups is 2. The Labute approximate surface area is 245 Å². The van der Waals surface area contributed by atoms with Crippen molar-refractivity contribution in [3.8, 4) is 0 Å². The Morgan fingerprint density at radius 3 is 2.56 bits per heavy atom. The fourth-order valence-electron chi connectivity index (χ4n) is 8.94. The summed E-state index contributed by atoms with van der Waals surface area (Å²) in [5.41, 5.74) is 0.219. The second kappa shape index (κ2) is 13.0. The molecule has 0 bridgehead atoms. The Morgan fingerprint density at radius 1 is 1.05 bits per heavy atom. The fourth-order valence-corrected chi connectivity index (χ4v) is 8.94. The van der Waals surface area contributed by atoms with Crippen molar-refractivity contribution >= 4 is 11.7 Å². The van der Waals surface area contributed by atoms with Gasteiger partial charge in [-0.1, -0.05) is 25.7 Å². The van der Waals surface area contributed by atoms with Gasteiger partial charge in [-0.15, -0.1) is 0 Å². The fraction of sp³-hybridized carbons (Fsp3) is 0.875. The summed E-state index contributed by atoms with van der Waals surface area (Å²) in [4.78, 5) is 34.1. The number of ether oxygens (including phenoxy) is 1. The third-order valence-corrected chi connectivity index (χ3v) is 11.1. The first-order valence-electron chi connectivity index (χ1n) is 16.6. The summed E-state index contributed by atoms with van der Waals surface area (Å²) in [6.45, 7) is 5.40. The molecule has 9 unspecified atom stereocenters. The molecule has 0 aromatic heterocycles. The average molecular weight is 574 g/mol. The summed E-state index contributed by atoms with van der Waals surface area (Å²) in [5, 5.41) is 6.55. The number of alkyl halides is 1. The molecule has 3 aliphatic heterocycles. The van der Waals surface area contributed by atoms with E-state index in [1.54, 1.807) is 0 Å². The van der Waals surface area contributed by atoms with Crippen molar-refractivity contribution in [2.45, 2.75) is 107 Å². The number of ketones is 1. The Balaban J connectivity index is 1.22. The molecule has 6 aliphatic rings. The quantitative estimate of drug-likeness (QED) is 0.308. The summed E-state index contributed by atoms with van der Waals surface area (Å²) in [6.07, 6.45) is 11.9. The molecule has 6 rings (SSSR count). The Hall–Kier alpha value is -1.55. The number of rotatable bonds is 10. The Bertz CT molecular complexity index is 971. The number of nitrogens with zero attached hydrogens (tertiary/aromatic N) is 3. The second-order valence-electron chi connectivity index (χ2n) is 14.0. The monoisotopic (exact) mass is 573 g/mol. The predicted molar refractivity (Wildman–Crippen MR) is 157 cm³/mol. The molecule has 3 aliphatic carbocycles. The van der Waals surface area contributed by atoms with E-state index in [2.05, 4.69) is 25.3 Å². The average Bonchev–Trinajstić information content (AvgIpc) is 3.48. The van der Waals surface area contributed by atoms with E-state index in [1.807, 2.05) is 20.3 Å². The third kappa shape index (κ3) is 6.24. The van der Waals surface area contributed by atoms with Crippen molar-refractivity contribution in [2.75, 3.05) is 53.4 Å². The minimum Gasteiger partial charge on any atom is -0.369 e. The molecular formula is C32H52FN5O3. The Morgan fingerprint density at radius 2 is 1.80 bits per heavy atom. The lowest BCUT2D eigenvalue weighted by molar-refractivity contribution is -0.208. The molecule has 2 saturated heterocycles. The molecule has 41 heavy (non-hydrogen) atoms. The van der Waals surface area contributed by atoms with Crippen LogP contribution in [0.2, 0.25) is 0 Å². The molecular weight excluding hydrogens is 521 g/mol. The van der Waals surface area contributed by atoms with Crippen LogP contribution < -0.4 is 10.6 Å². The van der Waals surface area contributed by atoms with E-state index in [0.717, 1.165) is 58.4 Å². The molecule has 0 radical (unpaired) electrons. The first-order chi connectivity index (χ1) is 19.9. The van der Waals surface area contributed by atoms with Gasteiger partial charge in [0.25, 0.3) is 5.91 Å². The molecule has 1 amide bonds. The summed E-state index contributed by atoms with van der Waals surface area (Å²) in [6, 6.07) is -0.494. The highest BCUT2D eigenvalue weighted by Gasteiger charge is 2.59. The van der Waals surface area contributed by atoms with Crippen molar-refractivity contribution in [2.24, 2.45) is 17.8 Å². The zero-order valence-corrected chi connectivity index (χ0v) is 25.2. The number of halogens is 1. The van der Waals surface area contributed by atoms with Crippen molar-refractivity contribution in [3.63, 3.8) is 0 Å². The molecule has 3 heterocycles. The third-order valence-electron chi connectivity index (χ3n) is 11.1. The van der Waals surface area contributed by atoms with Crippen LogP contribution in [-0.2, 0) is 14.3 Å². The molecule has 9 atom stereocenters. The summed E-state index contributed by atoms with van der Waals surface area (Å²) in [7, 11) is 4.08. The molecule has 0 aromatic carbocycles. The van der Waals surface area contributed by atoms with Gasteiger partial charge in [0.2, 0.25) is 0 Å². The van der Waals surface area contributed by atoms with Gasteiger partial charge < -0.3 is 30.1 Å². The second-order valence-corrected chi connectivity index (χ2v) is 14.0. The molecule has 9 heteroatoms. The van der Waals surface area contributed by atoms with E-state index in [-0.39, 0.29) is 48.0 Å². The number of hydrogen-bond donors (Lipinski definition) is 2. The normalized spacial score (nSPS) is 38.7. The number of morpholine rings is 1. The van der Waals surface area contributed by atoms with Crippen LogP contribution in [0.15, 0.2) is 11.8 Å². The van der Waals surface area contributed by atoms with Gasteiger partial charge in [0, 0.05) is 31.8 Å². The molecule has 230 valence electrons. The van der Waals surface area contributed by atoms with Gasteiger partial charge in [-0.25, -0.2) is 4.39 Å². The lowest BCUT2D eigenvalue weighted by Gasteiger charge is -2.61. The number of carbonyl (C=O) groups excluding carboxylic acids is 2. The maximum absolute atomic E-state index is 16.0. The van der Waals surface area contributed by atoms with Gasteiger partial charge in [0.05, 0.1) is 35.9 Å². The SMILES string of the molecule is CN(C)CCCCNC(=O)C1=CN2C3CC4CCCCC4CC3OC3C(NCCN4CCCC4)C(F)CC(C1=O)C32. The largest absolute Gasteiger partial charge is 0.369 e. The number of Topliss-reactive ketones (excluding diaryl/α,β-unsaturated/α-hetero) is 1. The lowest BCUT2D eigenvalue weighted by Crippen LogP contribution is -2.73. The zero-order chi connectivity index (χ0) is 28.5. The first-order valence-corrected chi connectivity index (χ1v) is 16.6. The van der Waals surface area contributed by atoms with E-state index >= 15 is 4.39 Å². The highest BCUT2D eigenvalue weighted by Crippen LogP contribution is 2.50. The minimum absolute atomic E-state index is 0.0178. The van der Waals surface area contributed by atoms with Gasteiger partial charge in [-0.05, 0) is 90.5 Å². The minimum atomic E-state index is -1.18. The molecule has 3 saturated carbocycles. The van der Waals surface area contributed by atoms with Crippen LogP contribution in [0, 0.1) is 17.8 Å². The van der Waals surface area contributed by atoms with Gasteiger partial charge in [0.15, 0.2) is 5.78 Å². The van der Waals surface area contributed by atoms with E-state index < -0.39 is 18.1 Å². The first kappa shape index (κ1) is 29.5. The van der Waals surface area contributed by atoms with Crippen molar-refractivity contribution < 1.29 is 18.7 Å². The zero-order valence-electron chi connectivity index (χ0n) is 25.2. The van der Waals surface area contributed by atoms with Crippen LogP contribution in [0.25, 0.3) is 0 Å². The number of likely N-dealkylation sites (tertiary alicyclic amines) is 1. The van der Waals surface area contributed by atoms with Gasteiger partial charge in [0.1, 0.15) is 6.17 Å². The van der Waals surface area contributed by atoms with Crippen LogP contribution >= 0.6 is 0 Å². The highest BCUT2D eigenvalue weighted by molar-refractivity contribution is 6.20. The van der Waals surface area contributed by atoms with Crippen molar-refractivity contribution in [3.05, 3.63) is 11.8 Å². The van der Waals surface area contributed by atoms with Crippen molar-refractivity contribution in [1.29, 1.82) is 0 Å². The van der Waals surface area contributed by atoms with Crippen LogP contribution in [0.1, 0.15) is 70.6 Å². The van der Waals surface area contributed by atoms with E-state index in [1.165, 1.54) is 38.5 Å². The molecule has 0 aromatic rings. The number of unbranched alkanes of at least 4 members (excludes halogenated alkanes) is 1. The van der Waals surface area contributed by atoms with E-state index in [4.69, 9.17) is 4.74 Å². The van der Waals surface area contributed by atoms with Gasteiger partial charge in [-0.3, -0.25) is 9.59 Å².